The van der Waals surface area contributed by atoms with E-state index in [4.69, 9.17) is 9.47 Å². The fraction of sp³-hybridized carbons (Fsp3) is 0.958. The number of allylic oxidation sites excluding steroid dienone is 1. The van der Waals surface area contributed by atoms with Gasteiger partial charge < -0.3 is 40.3 Å². The molecular formula is C71H139NO8. The van der Waals surface area contributed by atoms with Gasteiger partial charge in [-0.3, -0.25) is 4.79 Å². The lowest BCUT2D eigenvalue weighted by Crippen LogP contribution is -2.60. The van der Waals surface area contributed by atoms with Crippen LogP contribution in [0.5, 0.6) is 0 Å². The molecule has 0 aromatic rings. The molecule has 80 heavy (non-hydrogen) atoms. The highest BCUT2D eigenvalue weighted by molar-refractivity contribution is 5.76. The maximum atomic E-state index is 13.1. The summed E-state index contributed by atoms with van der Waals surface area (Å²) in [7, 11) is 0. The van der Waals surface area contributed by atoms with Gasteiger partial charge in [0.1, 0.15) is 24.4 Å². The third kappa shape index (κ3) is 49.2. The zero-order valence-corrected chi connectivity index (χ0v) is 53.4. The number of ether oxygens (including phenoxy) is 2. The second-order valence-corrected chi connectivity index (χ2v) is 25.4. The monoisotopic (exact) mass is 1130 g/mol. The van der Waals surface area contributed by atoms with Crippen LogP contribution in [0.25, 0.3) is 0 Å². The Hall–Kier alpha value is -1.07. The summed E-state index contributed by atoms with van der Waals surface area (Å²) in [6.07, 6.45) is 71.9. The third-order valence-electron chi connectivity index (χ3n) is 17.6. The molecule has 1 amide bonds. The Morgan fingerprint density at radius 1 is 0.412 bits per heavy atom. The van der Waals surface area contributed by atoms with Crippen LogP contribution in [0, 0.1) is 0 Å². The number of nitrogens with one attached hydrogen (secondary N) is 1. The maximum absolute atomic E-state index is 13.1. The van der Waals surface area contributed by atoms with Crippen LogP contribution in [0.15, 0.2) is 12.2 Å². The number of hydrogen-bond acceptors (Lipinski definition) is 8. The molecule has 0 spiro atoms. The van der Waals surface area contributed by atoms with E-state index in [1.54, 1.807) is 6.08 Å². The van der Waals surface area contributed by atoms with Gasteiger partial charge in [-0.25, -0.2) is 0 Å². The molecule has 7 atom stereocenters. The summed E-state index contributed by atoms with van der Waals surface area (Å²) in [6, 6.07) is -0.802. The third-order valence-corrected chi connectivity index (χ3v) is 17.6. The van der Waals surface area contributed by atoms with Crippen LogP contribution in [0.3, 0.4) is 0 Å². The van der Waals surface area contributed by atoms with Gasteiger partial charge in [0.15, 0.2) is 6.29 Å². The first-order valence-electron chi connectivity index (χ1n) is 35.9. The summed E-state index contributed by atoms with van der Waals surface area (Å²) in [5.74, 6) is -0.167. The van der Waals surface area contributed by atoms with Gasteiger partial charge >= 0.3 is 0 Å². The molecule has 1 rings (SSSR count). The van der Waals surface area contributed by atoms with Crippen LogP contribution in [-0.4, -0.2) is 87.5 Å². The lowest BCUT2D eigenvalue weighted by atomic mass is 9.99. The van der Waals surface area contributed by atoms with Crippen LogP contribution in [0.2, 0.25) is 0 Å². The van der Waals surface area contributed by atoms with Crippen molar-refractivity contribution in [3.05, 3.63) is 12.2 Å². The van der Waals surface area contributed by atoms with Gasteiger partial charge in [0.05, 0.1) is 25.4 Å². The Labute approximate surface area is 496 Å². The summed E-state index contributed by atoms with van der Waals surface area (Å²) < 4.78 is 11.3. The van der Waals surface area contributed by atoms with E-state index in [9.17, 15) is 30.3 Å². The fourth-order valence-corrected chi connectivity index (χ4v) is 12.0. The smallest absolute Gasteiger partial charge is 0.220 e. The minimum Gasteiger partial charge on any atom is -0.394 e. The number of hydrogen-bond donors (Lipinski definition) is 6. The molecule has 476 valence electrons. The van der Waals surface area contributed by atoms with Gasteiger partial charge in [-0.2, -0.15) is 0 Å². The van der Waals surface area contributed by atoms with Crippen LogP contribution < -0.4 is 5.32 Å². The van der Waals surface area contributed by atoms with Gasteiger partial charge in [0.25, 0.3) is 0 Å². The highest BCUT2D eigenvalue weighted by Gasteiger charge is 2.44. The van der Waals surface area contributed by atoms with Crippen molar-refractivity contribution in [2.24, 2.45) is 0 Å². The first-order chi connectivity index (χ1) is 39.3. The Bertz CT molecular complexity index is 1270. The SMILES string of the molecule is CCCCCCCCCCCCCCCCCCCCCCCCCCCCCCC/C=C/C(O)C(COC1OC(CO)C(O)C(O)C1O)NC(=O)CCCCCCCCCCCCCCCCCCCCCCCCCCCC. The van der Waals surface area contributed by atoms with E-state index in [1.165, 1.54) is 321 Å². The van der Waals surface area contributed by atoms with E-state index in [1.807, 2.05) is 6.08 Å². The standard InChI is InChI=1S/C71H139NO8/c1-3-5-7-9-11-13-15-17-19-21-23-25-27-29-31-32-33-34-35-36-38-40-42-44-46-48-50-52-54-56-58-60-65(74)64(63-79-71-70(78)69(77)68(76)66(62-73)80-71)72-67(75)61-59-57-55-53-51-49-47-45-43-41-39-37-30-28-26-24-22-20-18-16-14-12-10-8-6-4-2/h58,60,64-66,68-71,73-74,76-78H,3-57,59,61-63H2,1-2H3,(H,72,75)/b60-58+. The van der Waals surface area contributed by atoms with E-state index in [0.717, 1.165) is 38.5 Å². The molecule has 1 fully saturated rings. The minimum absolute atomic E-state index is 0.167. The molecule has 0 saturated carbocycles. The zero-order chi connectivity index (χ0) is 57.9. The molecule has 0 radical (unpaired) electrons. The van der Waals surface area contributed by atoms with Crippen molar-refractivity contribution < 1.29 is 39.8 Å². The maximum Gasteiger partial charge on any atom is 0.220 e. The summed E-state index contributed by atoms with van der Waals surface area (Å²) in [5.41, 5.74) is 0. The molecule has 1 aliphatic heterocycles. The van der Waals surface area contributed by atoms with Gasteiger partial charge in [0, 0.05) is 6.42 Å². The van der Waals surface area contributed by atoms with Crippen molar-refractivity contribution >= 4 is 5.91 Å². The second kappa shape index (κ2) is 61.0. The summed E-state index contributed by atoms with van der Waals surface area (Å²) in [4.78, 5) is 13.1. The molecular weight excluding hydrogens is 995 g/mol. The fourth-order valence-electron chi connectivity index (χ4n) is 12.0. The van der Waals surface area contributed by atoms with Crippen molar-refractivity contribution in [2.45, 2.75) is 423 Å². The number of unbranched alkanes of at least 4 members (excludes halogenated alkanes) is 54. The molecule has 6 N–H and O–H groups in total. The predicted octanol–water partition coefficient (Wildman–Crippen LogP) is 19.5. The molecule has 9 nitrogen and oxygen atoms in total. The first-order valence-corrected chi connectivity index (χ1v) is 35.9. The molecule has 9 heteroatoms. The lowest BCUT2D eigenvalue weighted by molar-refractivity contribution is -0.302. The van der Waals surface area contributed by atoms with Crippen molar-refractivity contribution in [1.29, 1.82) is 0 Å². The minimum atomic E-state index is -1.56. The number of amides is 1. The highest BCUT2D eigenvalue weighted by atomic mass is 16.7. The number of carbonyl (C=O) groups is 1. The first kappa shape index (κ1) is 76.9. The largest absolute Gasteiger partial charge is 0.394 e. The van der Waals surface area contributed by atoms with E-state index < -0.39 is 49.5 Å². The molecule has 1 aliphatic rings. The number of aliphatic hydroxyl groups is 5. The lowest BCUT2D eigenvalue weighted by Gasteiger charge is -2.40. The Balaban J connectivity index is 2.11. The van der Waals surface area contributed by atoms with Crippen LogP contribution >= 0.6 is 0 Å². The van der Waals surface area contributed by atoms with Crippen LogP contribution in [0.4, 0.5) is 0 Å². The molecule has 0 aromatic carbocycles. The van der Waals surface area contributed by atoms with Gasteiger partial charge in [0.2, 0.25) is 5.91 Å². The van der Waals surface area contributed by atoms with Gasteiger partial charge in [-0.05, 0) is 19.3 Å². The Kier molecular flexibility index (Phi) is 58.7. The Morgan fingerprint density at radius 3 is 0.975 bits per heavy atom. The van der Waals surface area contributed by atoms with E-state index in [-0.39, 0.29) is 12.5 Å². The molecule has 1 heterocycles. The van der Waals surface area contributed by atoms with E-state index in [2.05, 4.69) is 19.2 Å². The van der Waals surface area contributed by atoms with Gasteiger partial charge in [-0.15, -0.1) is 0 Å². The van der Waals surface area contributed by atoms with Crippen molar-refractivity contribution in [3.63, 3.8) is 0 Å². The highest BCUT2D eigenvalue weighted by Crippen LogP contribution is 2.24. The number of aliphatic hydroxyl groups excluding tert-OH is 5. The quantitative estimate of drug-likeness (QED) is 0.0261. The summed E-state index contributed by atoms with van der Waals surface area (Å²) in [6.45, 7) is 3.85. The molecule has 0 aliphatic carbocycles. The normalized spacial score (nSPS) is 18.4. The Morgan fingerprint density at radius 2 is 0.688 bits per heavy atom. The average molecular weight is 1130 g/mol. The van der Waals surface area contributed by atoms with E-state index >= 15 is 0 Å². The molecule has 0 aromatic heterocycles. The second-order valence-electron chi connectivity index (χ2n) is 25.4. The number of rotatable bonds is 64. The molecule has 7 unspecified atom stereocenters. The summed E-state index contributed by atoms with van der Waals surface area (Å²) >= 11 is 0. The topological polar surface area (TPSA) is 149 Å². The van der Waals surface area contributed by atoms with Crippen molar-refractivity contribution in [3.8, 4) is 0 Å². The zero-order valence-electron chi connectivity index (χ0n) is 53.4. The molecule has 1 saturated heterocycles. The van der Waals surface area contributed by atoms with Crippen LogP contribution in [0.1, 0.15) is 380 Å². The summed E-state index contributed by atoms with van der Waals surface area (Å²) in [5, 5.41) is 54.8. The van der Waals surface area contributed by atoms with E-state index in [0.29, 0.717) is 6.42 Å². The van der Waals surface area contributed by atoms with Crippen molar-refractivity contribution in [2.75, 3.05) is 13.2 Å². The average Bonchev–Trinajstić information content (AvgIpc) is 3.50. The predicted molar refractivity (Wildman–Crippen MR) is 341 cm³/mol. The molecule has 0 bridgehead atoms. The number of carbonyl (C=O) groups excluding carboxylic acids is 1. The van der Waals surface area contributed by atoms with Crippen LogP contribution in [-0.2, 0) is 14.3 Å². The van der Waals surface area contributed by atoms with Gasteiger partial charge in [-0.1, -0.05) is 366 Å². The van der Waals surface area contributed by atoms with Crippen molar-refractivity contribution in [1.82, 2.24) is 5.32 Å².